The summed E-state index contributed by atoms with van der Waals surface area (Å²) in [5, 5.41) is 0. The Kier molecular flexibility index (Phi) is 7.55. The van der Waals surface area contributed by atoms with Crippen LogP contribution in [-0.2, 0) is 24.1 Å². The number of carbonyl (C=O) groups is 2. The number of anilines is 1. The number of piperidine rings is 1. The van der Waals surface area contributed by atoms with Gasteiger partial charge in [-0.1, -0.05) is 30.3 Å². The van der Waals surface area contributed by atoms with Crippen molar-refractivity contribution < 1.29 is 9.59 Å². The van der Waals surface area contributed by atoms with Crippen molar-refractivity contribution in [2.45, 2.75) is 64.3 Å². The second-order valence-corrected chi connectivity index (χ2v) is 9.92. The summed E-state index contributed by atoms with van der Waals surface area (Å²) < 4.78 is 0. The molecule has 0 aliphatic carbocycles. The molecule has 0 aromatic heterocycles. The van der Waals surface area contributed by atoms with Crippen LogP contribution in [0, 0.1) is 5.92 Å². The van der Waals surface area contributed by atoms with E-state index in [1.807, 2.05) is 4.90 Å². The molecule has 0 saturated carbocycles. The van der Waals surface area contributed by atoms with E-state index in [4.69, 9.17) is 0 Å². The number of ketones is 1. The molecule has 1 saturated heterocycles. The molecule has 1 atom stereocenters. The van der Waals surface area contributed by atoms with Crippen molar-refractivity contribution in [3.8, 4) is 0 Å². The third-order valence-corrected chi connectivity index (χ3v) is 7.80. The third kappa shape index (κ3) is 5.17. The number of carbonyl (C=O) groups excluding carboxylic acids is 2. The molecule has 1 unspecified atom stereocenters. The normalized spacial score (nSPS) is 19.2. The Morgan fingerprint density at radius 1 is 1.00 bits per heavy atom. The van der Waals surface area contributed by atoms with Gasteiger partial charge in [0.1, 0.15) is 0 Å². The Balaban J connectivity index is 0.00000259. The molecule has 176 valence electrons. The molecule has 0 bridgehead atoms. The summed E-state index contributed by atoms with van der Waals surface area (Å²) in [5.74, 6) is 1.17. The Morgan fingerprint density at radius 2 is 1.70 bits per heavy atom. The second kappa shape index (κ2) is 10.4. The van der Waals surface area contributed by atoms with Gasteiger partial charge in [0, 0.05) is 31.0 Å². The average molecular weight is 467 g/mol. The molecule has 33 heavy (non-hydrogen) atoms. The minimum Gasteiger partial charge on any atom is -0.312 e. The number of nitrogens with zero attached hydrogens (tertiary/aromatic N) is 2. The lowest BCUT2D eigenvalue weighted by molar-refractivity contribution is -0.118. The zero-order valence-electron chi connectivity index (χ0n) is 19.6. The van der Waals surface area contributed by atoms with E-state index in [2.05, 4.69) is 54.3 Å². The zero-order valence-corrected chi connectivity index (χ0v) is 20.4. The first-order valence-corrected chi connectivity index (χ1v) is 12.4. The standard InChI is InChI=1S/C28H34N2O2.ClH/c1-20(17-22-5-3-2-4-6-22)29-14-11-21(12-15-29)7-9-26(31)25-18-23-8-10-27(32)30-16-13-24(19-25)28(23)30;/h2-6,18-21H,7-17H2,1H3;1H. The van der Waals surface area contributed by atoms with Gasteiger partial charge < -0.3 is 9.80 Å². The smallest absolute Gasteiger partial charge is 0.227 e. The highest BCUT2D eigenvalue weighted by atomic mass is 35.5. The lowest BCUT2D eigenvalue weighted by Crippen LogP contribution is -2.41. The van der Waals surface area contributed by atoms with Gasteiger partial charge in [0.2, 0.25) is 5.91 Å². The van der Waals surface area contributed by atoms with E-state index >= 15 is 0 Å². The number of likely N-dealkylation sites (tertiary alicyclic amines) is 1. The highest BCUT2D eigenvalue weighted by Crippen LogP contribution is 2.38. The van der Waals surface area contributed by atoms with Gasteiger partial charge in [0.25, 0.3) is 0 Å². The summed E-state index contributed by atoms with van der Waals surface area (Å²) >= 11 is 0. The monoisotopic (exact) mass is 466 g/mol. The number of benzene rings is 2. The number of Topliss-reactive ketones (excluding diaryl/α,β-unsaturated/α-hetero) is 1. The summed E-state index contributed by atoms with van der Waals surface area (Å²) in [6.45, 7) is 5.39. The maximum atomic E-state index is 13.0. The van der Waals surface area contributed by atoms with Crippen molar-refractivity contribution >= 4 is 29.8 Å². The van der Waals surface area contributed by atoms with Crippen molar-refractivity contribution in [1.29, 1.82) is 0 Å². The van der Waals surface area contributed by atoms with Crippen LogP contribution < -0.4 is 4.90 Å². The van der Waals surface area contributed by atoms with Crippen molar-refractivity contribution in [2.75, 3.05) is 24.5 Å². The number of hydrogen-bond acceptors (Lipinski definition) is 3. The fourth-order valence-electron chi connectivity index (χ4n) is 5.87. The number of rotatable bonds is 7. The molecule has 0 spiro atoms. The van der Waals surface area contributed by atoms with E-state index in [0.717, 1.165) is 56.6 Å². The predicted molar refractivity (Wildman–Crippen MR) is 136 cm³/mol. The van der Waals surface area contributed by atoms with Gasteiger partial charge in [-0.3, -0.25) is 9.59 Å². The lowest BCUT2D eigenvalue weighted by atomic mass is 9.88. The molecular formula is C28H35ClN2O2. The van der Waals surface area contributed by atoms with Crippen molar-refractivity contribution in [3.63, 3.8) is 0 Å². The van der Waals surface area contributed by atoms with Crippen LogP contribution in [0.4, 0.5) is 5.69 Å². The highest BCUT2D eigenvalue weighted by Gasteiger charge is 2.32. The Bertz CT molecular complexity index is 998. The van der Waals surface area contributed by atoms with E-state index < -0.39 is 0 Å². The summed E-state index contributed by atoms with van der Waals surface area (Å²) in [6, 6.07) is 15.5. The summed E-state index contributed by atoms with van der Waals surface area (Å²) in [4.78, 5) is 29.7. The first-order valence-electron chi connectivity index (χ1n) is 12.4. The molecule has 4 nitrogen and oxygen atoms in total. The SMILES string of the molecule is CC(Cc1ccccc1)N1CCC(CCC(=O)c2cc3c4c(c2)CCN4C(=O)CC3)CC1.Cl. The third-order valence-electron chi connectivity index (χ3n) is 7.80. The van der Waals surface area contributed by atoms with Crippen LogP contribution in [0.25, 0.3) is 0 Å². The van der Waals surface area contributed by atoms with Gasteiger partial charge in [-0.25, -0.2) is 0 Å². The first kappa shape index (κ1) is 24.0. The van der Waals surface area contributed by atoms with Gasteiger partial charge in [-0.15, -0.1) is 12.4 Å². The molecule has 0 N–H and O–H groups in total. The molecule has 1 fully saturated rings. The van der Waals surface area contributed by atoms with Crippen LogP contribution in [0.1, 0.15) is 66.1 Å². The van der Waals surface area contributed by atoms with Crippen LogP contribution in [0.3, 0.4) is 0 Å². The minimum absolute atomic E-state index is 0. The topological polar surface area (TPSA) is 40.6 Å². The lowest BCUT2D eigenvalue weighted by Gasteiger charge is -2.36. The van der Waals surface area contributed by atoms with E-state index in [-0.39, 0.29) is 24.1 Å². The van der Waals surface area contributed by atoms with Gasteiger partial charge in [0.15, 0.2) is 5.78 Å². The molecule has 3 aliphatic heterocycles. The van der Waals surface area contributed by atoms with Gasteiger partial charge in [0.05, 0.1) is 5.69 Å². The second-order valence-electron chi connectivity index (χ2n) is 9.92. The van der Waals surface area contributed by atoms with Gasteiger partial charge in [-0.2, -0.15) is 0 Å². The maximum absolute atomic E-state index is 13.0. The Labute approximate surface area is 203 Å². The van der Waals surface area contributed by atoms with Crippen molar-refractivity contribution in [2.24, 2.45) is 5.92 Å². The molecule has 3 heterocycles. The molecule has 1 amide bonds. The summed E-state index contributed by atoms with van der Waals surface area (Å²) in [6.07, 6.45) is 7.37. The Hall–Kier alpha value is -2.17. The quantitative estimate of drug-likeness (QED) is 0.523. The molecule has 2 aromatic rings. The van der Waals surface area contributed by atoms with Gasteiger partial charge >= 0.3 is 0 Å². The number of amides is 1. The molecule has 0 radical (unpaired) electrons. The van der Waals surface area contributed by atoms with Crippen molar-refractivity contribution in [3.05, 3.63) is 64.7 Å². The van der Waals surface area contributed by atoms with E-state index in [9.17, 15) is 9.59 Å². The molecule has 5 rings (SSSR count). The van der Waals surface area contributed by atoms with Crippen LogP contribution >= 0.6 is 12.4 Å². The predicted octanol–water partition coefficient (Wildman–Crippen LogP) is 5.25. The number of hydrogen-bond donors (Lipinski definition) is 0. The van der Waals surface area contributed by atoms with Gasteiger partial charge in [-0.05, 0) is 93.3 Å². The molecule has 5 heteroatoms. The van der Waals surface area contributed by atoms with E-state index in [1.165, 1.54) is 29.5 Å². The molecular weight excluding hydrogens is 432 g/mol. The summed E-state index contributed by atoms with van der Waals surface area (Å²) in [7, 11) is 0. The fourth-order valence-corrected chi connectivity index (χ4v) is 5.87. The molecule has 3 aliphatic rings. The van der Waals surface area contributed by atoms with E-state index in [0.29, 0.717) is 24.8 Å². The first-order chi connectivity index (χ1) is 15.6. The Morgan fingerprint density at radius 3 is 2.42 bits per heavy atom. The maximum Gasteiger partial charge on any atom is 0.227 e. The van der Waals surface area contributed by atoms with E-state index in [1.54, 1.807) is 0 Å². The van der Waals surface area contributed by atoms with Crippen LogP contribution in [0.15, 0.2) is 42.5 Å². The average Bonchev–Trinajstić information content (AvgIpc) is 3.26. The molecule has 2 aromatic carbocycles. The minimum atomic E-state index is 0. The zero-order chi connectivity index (χ0) is 22.1. The summed E-state index contributed by atoms with van der Waals surface area (Å²) in [5.41, 5.74) is 5.77. The van der Waals surface area contributed by atoms with Crippen LogP contribution in [0.5, 0.6) is 0 Å². The highest BCUT2D eigenvalue weighted by molar-refractivity contribution is 6.02. The fraction of sp³-hybridized carbons (Fsp3) is 0.500. The number of halogens is 1. The largest absolute Gasteiger partial charge is 0.312 e. The van der Waals surface area contributed by atoms with Crippen molar-refractivity contribution in [1.82, 2.24) is 4.90 Å². The van der Waals surface area contributed by atoms with Crippen LogP contribution in [0.2, 0.25) is 0 Å². The van der Waals surface area contributed by atoms with Crippen LogP contribution in [-0.4, -0.2) is 42.3 Å². The number of aryl methyl sites for hydroxylation is 1.